The molecule has 1 aromatic heterocycles. The number of ether oxygens (including phenoxy) is 1. The largest absolute Gasteiger partial charge is 0.465 e. The Morgan fingerprint density at radius 1 is 1.36 bits per heavy atom. The van der Waals surface area contributed by atoms with E-state index < -0.39 is 0 Å². The summed E-state index contributed by atoms with van der Waals surface area (Å²) in [5.74, 6) is 0.414. The van der Waals surface area contributed by atoms with E-state index >= 15 is 0 Å². The average molecular weight is 362 g/mol. The molecule has 2 bridgehead atoms. The normalized spacial score (nSPS) is 25.5. The number of carbonyl (C=O) groups excluding carboxylic acids is 1. The first-order valence-electron chi connectivity index (χ1n) is 8.90. The minimum atomic E-state index is -0.352. The summed E-state index contributed by atoms with van der Waals surface area (Å²) in [5.41, 5.74) is 2.52. The van der Waals surface area contributed by atoms with Crippen LogP contribution in [0, 0.1) is 12.8 Å². The lowest BCUT2D eigenvalue weighted by atomic mass is 9.84. The molecule has 5 nitrogen and oxygen atoms in total. The minimum Gasteiger partial charge on any atom is -0.465 e. The molecular formula is C19H24ClN3O2. The smallest absolute Gasteiger partial charge is 0.340 e. The van der Waals surface area contributed by atoms with Crippen LogP contribution in [0.3, 0.4) is 0 Å². The number of aromatic nitrogens is 1. The second-order valence-corrected chi connectivity index (χ2v) is 7.67. The lowest BCUT2D eigenvalue weighted by Crippen LogP contribution is -2.56. The van der Waals surface area contributed by atoms with E-state index in [9.17, 15) is 4.79 Å². The Morgan fingerprint density at radius 2 is 2.12 bits per heavy atom. The Bertz CT molecular complexity index is 809. The highest BCUT2D eigenvalue weighted by Crippen LogP contribution is 2.30. The summed E-state index contributed by atoms with van der Waals surface area (Å²) in [6.45, 7) is 6.33. The van der Waals surface area contributed by atoms with Gasteiger partial charge in [-0.2, -0.15) is 0 Å². The Balaban J connectivity index is 1.64. The predicted octanol–water partition coefficient (Wildman–Crippen LogP) is 3.03. The monoisotopic (exact) mass is 361 g/mol. The summed E-state index contributed by atoms with van der Waals surface area (Å²) >= 11 is 6.21. The van der Waals surface area contributed by atoms with Crippen LogP contribution in [0.4, 0.5) is 0 Å². The number of nitrogens with zero attached hydrogens (tertiary/aromatic N) is 2. The van der Waals surface area contributed by atoms with Gasteiger partial charge in [0.1, 0.15) is 0 Å². The first-order chi connectivity index (χ1) is 12.1. The number of piperidine rings is 3. The molecule has 3 aliphatic heterocycles. The van der Waals surface area contributed by atoms with Crippen molar-refractivity contribution in [3.63, 3.8) is 0 Å². The molecule has 25 heavy (non-hydrogen) atoms. The Morgan fingerprint density at radius 3 is 2.76 bits per heavy atom. The summed E-state index contributed by atoms with van der Waals surface area (Å²) in [6.07, 6.45) is 4.65. The SMILES string of the molecule is COC(=O)c1cc(Cl)cc2c(C)cn(CN[C@@H]3CN4CCC3CC4)c12. The van der Waals surface area contributed by atoms with Crippen LogP contribution in [0.2, 0.25) is 5.02 Å². The molecule has 0 aliphatic carbocycles. The van der Waals surface area contributed by atoms with E-state index in [1.54, 1.807) is 6.07 Å². The average Bonchev–Trinajstić information content (AvgIpc) is 2.95. The van der Waals surface area contributed by atoms with Gasteiger partial charge in [0, 0.05) is 29.2 Å². The van der Waals surface area contributed by atoms with Gasteiger partial charge in [-0.3, -0.25) is 5.32 Å². The number of halogens is 1. The van der Waals surface area contributed by atoms with Crippen LogP contribution in [0.5, 0.6) is 0 Å². The van der Waals surface area contributed by atoms with Crippen molar-refractivity contribution in [1.82, 2.24) is 14.8 Å². The van der Waals surface area contributed by atoms with Crippen LogP contribution in [-0.4, -0.2) is 48.2 Å². The molecule has 1 aromatic carbocycles. The molecule has 3 saturated heterocycles. The topological polar surface area (TPSA) is 46.5 Å². The number of hydrogen-bond acceptors (Lipinski definition) is 4. The summed E-state index contributed by atoms with van der Waals surface area (Å²) in [4.78, 5) is 14.8. The Labute approximate surface area is 152 Å². The second kappa shape index (κ2) is 6.63. The molecule has 3 aliphatic rings. The lowest BCUT2D eigenvalue weighted by Gasteiger charge is -2.45. The molecule has 5 rings (SSSR count). The van der Waals surface area contributed by atoms with Gasteiger partial charge < -0.3 is 14.2 Å². The highest BCUT2D eigenvalue weighted by atomic mass is 35.5. The van der Waals surface area contributed by atoms with Gasteiger partial charge in [0.2, 0.25) is 0 Å². The molecule has 2 aromatic rings. The summed E-state index contributed by atoms with van der Waals surface area (Å²) in [6, 6.07) is 4.14. The number of methoxy groups -OCH3 is 1. The third kappa shape index (κ3) is 3.05. The van der Waals surface area contributed by atoms with Crippen molar-refractivity contribution in [3.8, 4) is 0 Å². The van der Waals surface area contributed by atoms with Crippen molar-refractivity contribution in [2.45, 2.75) is 32.5 Å². The minimum absolute atomic E-state index is 0.352. The molecule has 0 amide bonds. The van der Waals surface area contributed by atoms with Crippen LogP contribution in [0.25, 0.3) is 10.9 Å². The second-order valence-electron chi connectivity index (χ2n) is 7.23. The van der Waals surface area contributed by atoms with Gasteiger partial charge in [-0.15, -0.1) is 0 Å². The van der Waals surface area contributed by atoms with E-state index in [0.29, 0.717) is 23.3 Å². The molecule has 0 saturated carbocycles. The van der Waals surface area contributed by atoms with Gasteiger partial charge in [-0.05, 0) is 56.5 Å². The first-order valence-corrected chi connectivity index (χ1v) is 9.27. The maximum absolute atomic E-state index is 12.2. The number of esters is 1. The lowest BCUT2D eigenvalue weighted by molar-refractivity contribution is 0.0602. The standard InChI is InChI=1S/C19H24ClN3O2/c1-12-9-23(11-21-17-10-22-5-3-13(17)4-6-22)18-15(12)7-14(20)8-16(18)19(24)25-2/h7-9,13,17,21H,3-6,10-11H2,1-2H3/t17-/m1/s1. The molecule has 0 unspecified atom stereocenters. The van der Waals surface area contributed by atoms with Gasteiger partial charge in [-0.1, -0.05) is 11.6 Å². The fourth-order valence-corrected chi connectivity index (χ4v) is 4.60. The molecule has 0 spiro atoms. The van der Waals surface area contributed by atoms with Gasteiger partial charge in [0.05, 0.1) is 24.9 Å². The zero-order valence-corrected chi connectivity index (χ0v) is 15.5. The number of hydrogen-bond donors (Lipinski definition) is 1. The van der Waals surface area contributed by atoms with Crippen molar-refractivity contribution in [1.29, 1.82) is 0 Å². The van der Waals surface area contributed by atoms with Crippen molar-refractivity contribution in [2.75, 3.05) is 26.7 Å². The zero-order chi connectivity index (χ0) is 17.6. The molecule has 1 N–H and O–H groups in total. The van der Waals surface area contributed by atoms with Crippen LogP contribution >= 0.6 is 11.6 Å². The molecule has 4 heterocycles. The van der Waals surface area contributed by atoms with E-state index in [1.807, 2.05) is 13.0 Å². The molecule has 1 atom stereocenters. The highest BCUT2D eigenvalue weighted by molar-refractivity contribution is 6.32. The van der Waals surface area contributed by atoms with Gasteiger partial charge in [0.15, 0.2) is 0 Å². The number of rotatable bonds is 4. The molecule has 6 heteroatoms. The van der Waals surface area contributed by atoms with Crippen molar-refractivity contribution >= 4 is 28.5 Å². The fourth-order valence-electron chi connectivity index (χ4n) is 4.38. The number of carbonyl (C=O) groups is 1. The van der Waals surface area contributed by atoms with Crippen LogP contribution < -0.4 is 5.32 Å². The van der Waals surface area contributed by atoms with Gasteiger partial charge in [0.25, 0.3) is 0 Å². The fraction of sp³-hybridized carbons (Fsp3) is 0.526. The van der Waals surface area contributed by atoms with Gasteiger partial charge in [-0.25, -0.2) is 4.79 Å². The molecular weight excluding hydrogens is 338 g/mol. The van der Waals surface area contributed by atoms with Gasteiger partial charge >= 0.3 is 5.97 Å². The Hall–Kier alpha value is -1.56. The van der Waals surface area contributed by atoms with Crippen molar-refractivity contribution < 1.29 is 9.53 Å². The summed E-state index contributed by atoms with van der Waals surface area (Å²) in [7, 11) is 1.40. The van der Waals surface area contributed by atoms with E-state index in [1.165, 1.54) is 33.0 Å². The maximum atomic E-state index is 12.2. The molecule has 0 radical (unpaired) electrons. The number of aryl methyl sites for hydroxylation is 1. The van der Waals surface area contributed by atoms with Crippen molar-refractivity contribution in [3.05, 3.63) is 34.5 Å². The highest BCUT2D eigenvalue weighted by Gasteiger charge is 2.33. The van der Waals surface area contributed by atoms with Crippen LogP contribution in [0.1, 0.15) is 28.8 Å². The van der Waals surface area contributed by atoms with Crippen LogP contribution in [0.15, 0.2) is 18.3 Å². The first kappa shape index (κ1) is 16.9. The van der Waals surface area contributed by atoms with E-state index in [-0.39, 0.29) is 5.97 Å². The van der Waals surface area contributed by atoms with E-state index in [0.717, 1.165) is 28.9 Å². The molecule has 3 fully saturated rings. The third-order valence-electron chi connectivity index (χ3n) is 5.72. The van der Waals surface area contributed by atoms with Crippen molar-refractivity contribution in [2.24, 2.45) is 5.92 Å². The summed E-state index contributed by atoms with van der Waals surface area (Å²) in [5, 5.41) is 5.27. The molecule has 134 valence electrons. The number of fused-ring (bicyclic) bond motifs is 4. The van der Waals surface area contributed by atoms with Crippen LogP contribution in [-0.2, 0) is 11.4 Å². The number of benzene rings is 1. The summed E-state index contributed by atoms with van der Waals surface area (Å²) < 4.78 is 7.08. The third-order valence-corrected chi connectivity index (χ3v) is 5.94. The Kier molecular flexibility index (Phi) is 4.48. The predicted molar refractivity (Wildman–Crippen MR) is 99.1 cm³/mol. The van der Waals surface area contributed by atoms with E-state index in [2.05, 4.69) is 21.0 Å². The number of nitrogens with one attached hydrogen (secondary N) is 1. The quantitative estimate of drug-likeness (QED) is 0.850. The zero-order valence-electron chi connectivity index (χ0n) is 14.7. The maximum Gasteiger partial charge on any atom is 0.340 e. The van der Waals surface area contributed by atoms with E-state index in [4.69, 9.17) is 16.3 Å².